The Kier molecular flexibility index (Phi) is 5.88. The van der Waals surface area contributed by atoms with Gasteiger partial charge in [0.15, 0.2) is 6.61 Å². The zero-order valence-electron chi connectivity index (χ0n) is 13.1. The predicted molar refractivity (Wildman–Crippen MR) is 87.0 cm³/mol. The molecule has 1 amide bonds. The number of nitro benzene ring substituents is 1. The molecule has 9 nitrogen and oxygen atoms in total. The van der Waals surface area contributed by atoms with Crippen LogP contribution < -0.4 is 10.1 Å². The Hall–Kier alpha value is -3.62. The largest absolute Gasteiger partial charge is 0.496 e. The van der Waals surface area contributed by atoms with Crippen molar-refractivity contribution in [1.82, 2.24) is 0 Å². The van der Waals surface area contributed by atoms with Crippen LogP contribution in [0.2, 0.25) is 0 Å². The monoisotopic (exact) mass is 346 g/mol. The molecule has 2 rings (SSSR count). The van der Waals surface area contributed by atoms with Gasteiger partial charge in [0, 0.05) is 6.08 Å². The first-order valence-corrected chi connectivity index (χ1v) is 7.00. The summed E-state index contributed by atoms with van der Waals surface area (Å²) in [6, 6.07) is 7.25. The molecule has 0 aliphatic heterocycles. The maximum atomic E-state index is 11.8. The van der Waals surface area contributed by atoms with E-state index in [0.29, 0.717) is 5.76 Å². The standard InChI is InChI=1S/C16H14N2O7/c1-23-12-4-6-13(14(9-12)18(21)22)17-15(19)10-25-16(20)7-5-11-3-2-8-24-11/h2-9H,10H2,1H3,(H,17,19). The maximum absolute atomic E-state index is 11.8. The smallest absolute Gasteiger partial charge is 0.331 e. The van der Waals surface area contributed by atoms with Crippen LogP contribution in [0.5, 0.6) is 5.75 Å². The van der Waals surface area contributed by atoms with Gasteiger partial charge in [0.05, 0.1) is 24.4 Å². The lowest BCUT2D eigenvalue weighted by molar-refractivity contribution is -0.384. The lowest BCUT2D eigenvalue weighted by atomic mass is 10.2. The van der Waals surface area contributed by atoms with E-state index in [-0.39, 0.29) is 17.1 Å². The van der Waals surface area contributed by atoms with Gasteiger partial charge in [-0.2, -0.15) is 0 Å². The van der Waals surface area contributed by atoms with E-state index >= 15 is 0 Å². The van der Waals surface area contributed by atoms with Gasteiger partial charge in [0.25, 0.3) is 11.6 Å². The van der Waals surface area contributed by atoms with E-state index in [2.05, 4.69) is 5.32 Å². The number of hydrogen-bond donors (Lipinski definition) is 1. The van der Waals surface area contributed by atoms with E-state index < -0.39 is 23.4 Å². The summed E-state index contributed by atoms with van der Waals surface area (Å²) in [7, 11) is 1.37. The minimum Gasteiger partial charge on any atom is -0.496 e. The third-order valence-electron chi connectivity index (χ3n) is 2.95. The first-order valence-electron chi connectivity index (χ1n) is 7.00. The number of hydrogen-bond acceptors (Lipinski definition) is 7. The summed E-state index contributed by atoms with van der Waals surface area (Å²) in [5, 5.41) is 13.3. The van der Waals surface area contributed by atoms with Crippen molar-refractivity contribution in [2.24, 2.45) is 0 Å². The summed E-state index contributed by atoms with van der Waals surface area (Å²) in [5.41, 5.74) is -0.366. The Morgan fingerprint density at radius 1 is 1.36 bits per heavy atom. The highest BCUT2D eigenvalue weighted by Gasteiger charge is 2.17. The number of benzene rings is 1. The molecule has 1 aromatic carbocycles. The number of esters is 1. The quantitative estimate of drug-likeness (QED) is 0.353. The SMILES string of the molecule is COc1ccc(NC(=O)COC(=O)C=Cc2ccco2)c([N+](=O)[O-])c1. The van der Waals surface area contributed by atoms with Crippen LogP contribution in [0.4, 0.5) is 11.4 Å². The summed E-state index contributed by atoms with van der Waals surface area (Å²) in [4.78, 5) is 33.7. The fourth-order valence-electron chi connectivity index (χ4n) is 1.80. The summed E-state index contributed by atoms with van der Waals surface area (Å²) in [5.74, 6) is -0.738. The van der Waals surface area contributed by atoms with Crippen molar-refractivity contribution in [3.05, 3.63) is 58.5 Å². The number of anilines is 1. The molecular formula is C16H14N2O7. The minimum atomic E-state index is -0.754. The predicted octanol–water partition coefficient (Wildman–Crippen LogP) is 2.39. The van der Waals surface area contributed by atoms with Crippen molar-refractivity contribution < 1.29 is 28.4 Å². The third-order valence-corrected chi connectivity index (χ3v) is 2.95. The fraction of sp³-hybridized carbons (Fsp3) is 0.125. The van der Waals surface area contributed by atoms with Crippen molar-refractivity contribution >= 4 is 29.3 Å². The van der Waals surface area contributed by atoms with Crippen molar-refractivity contribution in [3.63, 3.8) is 0 Å². The van der Waals surface area contributed by atoms with Crippen molar-refractivity contribution in [2.45, 2.75) is 0 Å². The van der Waals surface area contributed by atoms with Crippen LogP contribution >= 0.6 is 0 Å². The minimum absolute atomic E-state index is 0.0297. The molecule has 130 valence electrons. The molecule has 0 spiro atoms. The summed E-state index contributed by atoms with van der Waals surface area (Å²) in [6.45, 7) is -0.593. The molecule has 0 fully saturated rings. The number of amides is 1. The first-order chi connectivity index (χ1) is 12.0. The van der Waals surface area contributed by atoms with Gasteiger partial charge in [0.1, 0.15) is 17.2 Å². The van der Waals surface area contributed by atoms with Gasteiger partial charge in [-0.05, 0) is 30.3 Å². The summed E-state index contributed by atoms with van der Waals surface area (Å²) >= 11 is 0. The van der Waals surface area contributed by atoms with Crippen molar-refractivity contribution in [1.29, 1.82) is 0 Å². The molecule has 0 saturated heterocycles. The van der Waals surface area contributed by atoms with Gasteiger partial charge in [0.2, 0.25) is 0 Å². The second kappa shape index (κ2) is 8.29. The maximum Gasteiger partial charge on any atom is 0.331 e. The number of nitrogens with one attached hydrogen (secondary N) is 1. The molecule has 0 saturated carbocycles. The molecular weight excluding hydrogens is 332 g/mol. The highest BCUT2D eigenvalue weighted by Crippen LogP contribution is 2.28. The zero-order chi connectivity index (χ0) is 18.2. The van der Waals surface area contributed by atoms with Crippen LogP contribution in [0.25, 0.3) is 6.08 Å². The molecule has 0 unspecified atom stereocenters. The average molecular weight is 346 g/mol. The van der Waals surface area contributed by atoms with Gasteiger partial charge in [-0.1, -0.05) is 0 Å². The number of nitro groups is 1. The molecule has 9 heteroatoms. The molecule has 2 aromatic rings. The number of furan rings is 1. The average Bonchev–Trinajstić information content (AvgIpc) is 3.11. The second-order valence-corrected chi connectivity index (χ2v) is 4.64. The summed E-state index contributed by atoms with van der Waals surface area (Å²) in [6.07, 6.45) is 3.93. The second-order valence-electron chi connectivity index (χ2n) is 4.64. The molecule has 1 N–H and O–H groups in total. The van der Waals surface area contributed by atoms with Crippen LogP contribution in [0.15, 0.2) is 47.1 Å². The van der Waals surface area contributed by atoms with Crippen LogP contribution in [0.3, 0.4) is 0 Å². The molecule has 0 aliphatic rings. The van der Waals surface area contributed by atoms with Gasteiger partial charge in [-0.25, -0.2) is 4.79 Å². The zero-order valence-corrected chi connectivity index (χ0v) is 13.1. The summed E-state index contributed by atoms with van der Waals surface area (Å²) < 4.78 is 14.6. The number of carbonyl (C=O) groups excluding carboxylic acids is 2. The fourth-order valence-corrected chi connectivity index (χ4v) is 1.80. The number of rotatable bonds is 7. The van der Waals surface area contributed by atoms with Gasteiger partial charge in [-0.3, -0.25) is 14.9 Å². The molecule has 0 aliphatic carbocycles. The molecule has 0 bridgehead atoms. The van der Waals surface area contributed by atoms with E-state index in [1.807, 2.05) is 0 Å². The van der Waals surface area contributed by atoms with Crippen LogP contribution in [-0.4, -0.2) is 30.5 Å². The first kappa shape index (κ1) is 17.7. The molecule has 1 aromatic heterocycles. The Balaban J connectivity index is 1.92. The van der Waals surface area contributed by atoms with E-state index in [1.54, 1.807) is 12.1 Å². The Morgan fingerprint density at radius 2 is 2.16 bits per heavy atom. The van der Waals surface area contributed by atoms with E-state index in [4.69, 9.17) is 13.9 Å². The van der Waals surface area contributed by atoms with Gasteiger partial charge < -0.3 is 19.2 Å². The van der Waals surface area contributed by atoms with Crippen molar-refractivity contribution in [3.8, 4) is 5.75 Å². The van der Waals surface area contributed by atoms with Crippen LogP contribution in [-0.2, 0) is 14.3 Å². The van der Waals surface area contributed by atoms with Crippen molar-refractivity contribution in [2.75, 3.05) is 19.0 Å². The van der Waals surface area contributed by atoms with E-state index in [9.17, 15) is 19.7 Å². The molecule has 1 heterocycles. The molecule has 0 atom stereocenters. The number of nitrogens with zero attached hydrogens (tertiary/aromatic N) is 1. The Labute approximate surface area is 142 Å². The third kappa shape index (κ3) is 5.20. The number of methoxy groups -OCH3 is 1. The number of carbonyl (C=O) groups is 2. The lowest BCUT2D eigenvalue weighted by Crippen LogP contribution is -2.20. The molecule has 0 radical (unpaired) electrons. The highest BCUT2D eigenvalue weighted by molar-refractivity contribution is 5.96. The lowest BCUT2D eigenvalue weighted by Gasteiger charge is -2.07. The topological polar surface area (TPSA) is 121 Å². The molecule has 25 heavy (non-hydrogen) atoms. The number of ether oxygens (including phenoxy) is 2. The van der Waals surface area contributed by atoms with Crippen LogP contribution in [0, 0.1) is 10.1 Å². The van der Waals surface area contributed by atoms with Gasteiger partial charge in [-0.15, -0.1) is 0 Å². The van der Waals surface area contributed by atoms with E-state index in [1.165, 1.54) is 37.6 Å². The Morgan fingerprint density at radius 3 is 2.80 bits per heavy atom. The van der Waals surface area contributed by atoms with Gasteiger partial charge >= 0.3 is 5.97 Å². The highest BCUT2D eigenvalue weighted by atomic mass is 16.6. The Bertz CT molecular complexity index is 797. The van der Waals surface area contributed by atoms with Crippen LogP contribution in [0.1, 0.15) is 5.76 Å². The van der Waals surface area contributed by atoms with E-state index in [0.717, 1.165) is 6.08 Å². The normalized spacial score (nSPS) is 10.4.